The molecule has 9 heteroatoms. The van der Waals surface area contributed by atoms with Crippen LogP contribution in [0.1, 0.15) is 66.7 Å². The van der Waals surface area contributed by atoms with E-state index in [-0.39, 0.29) is 64.9 Å². The van der Waals surface area contributed by atoms with Crippen molar-refractivity contribution in [1.29, 1.82) is 0 Å². The lowest BCUT2D eigenvalue weighted by Gasteiger charge is -2.35. The third kappa shape index (κ3) is 5.46. The van der Waals surface area contributed by atoms with Gasteiger partial charge in [-0.15, -0.1) is 0 Å². The van der Waals surface area contributed by atoms with Crippen LogP contribution in [-0.4, -0.2) is 65.5 Å². The highest BCUT2D eigenvalue weighted by Gasteiger charge is 2.70. The topological polar surface area (TPSA) is 125 Å². The van der Waals surface area contributed by atoms with Crippen molar-refractivity contribution in [3.63, 3.8) is 0 Å². The Hall–Kier alpha value is -2.71. The van der Waals surface area contributed by atoms with Crippen LogP contribution in [0.15, 0.2) is 12.7 Å². The Labute approximate surface area is 219 Å². The Morgan fingerprint density at radius 3 is 2.41 bits per heavy atom. The highest BCUT2D eigenvalue weighted by atomic mass is 16.2. The van der Waals surface area contributed by atoms with Crippen LogP contribution in [0.3, 0.4) is 0 Å². The third-order valence-electron chi connectivity index (χ3n) is 8.87. The van der Waals surface area contributed by atoms with Gasteiger partial charge in [0.15, 0.2) is 5.78 Å². The number of piperidine rings is 2. The maximum absolute atomic E-state index is 13.8. The Kier molecular flexibility index (Phi) is 7.29. The van der Waals surface area contributed by atoms with Gasteiger partial charge in [-0.05, 0) is 61.3 Å². The number of nitrogens with zero attached hydrogens (tertiary/aromatic N) is 1. The molecule has 4 aliphatic rings. The number of hydrogen-bond acceptors (Lipinski definition) is 5. The maximum atomic E-state index is 13.8. The fourth-order valence-electron chi connectivity index (χ4n) is 6.15. The second kappa shape index (κ2) is 9.87. The van der Waals surface area contributed by atoms with Crippen molar-refractivity contribution >= 4 is 29.4 Å². The SMILES string of the molecule is C=CC(=O)[C@H](C[C@@H]1CCCNC1=O)NC(=O)[C@@H]1[C@@H]2[C@H](CN1C(=O)[C@@H](NC(=O)C(C)(C)C)C1CC1)C2(C)C. The van der Waals surface area contributed by atoms with Crippen molar-refractivity contribution in [2.45, 2.75) is 84.8 Å². The van der Waals surface area contributed by atoms with Gasteiger partial charge >= 0.3 is 0 Å². The number of carbonyl (C=O) groups is 5. The summed E-state index contributed by atoms with van der Waals surface area (Å²) >= 11 is 0. The fourth-order valence-corrected chi connectivity index (χ4v) is 6.15. The van der Waals surface area contributed by atoms with E-state index in [9.17, 15) is 24.0 Å². The molecule has 0 radical (unpaired) electrons. The van der Waals surface area contributed by atoms with Gasteiger partial charge in [-0.2, -0.15) is 0 Å². The van der Waals surface area contributed by atoms with Crippen LogP contribution < -0.4 is 16.0 Å². The molecule has 0 aromatic carbocycles. The highest BCUT2D eigenvalue weighted by Crippen LogP contribution is 2.65. The first-order valence-electron chi connectivity index (χ1n) is 13.6. The van der Waals surface area contributed by atoms with Crippen molar-refractivity contribution < 1.29 is 24.0 Å². The molecule has 2 heterocycles. The molecule has 2 aliphatic carbocycles. The molecule has 6 atom stereocenters. The van der Waals surface area contributed by atoms with Crippen molar-refractivity contribution in [2.75, 3.05) is 13.1 Å². The van der Waals surface area contributed by atoms with Crippen LogP contribution >= 0.6 is 0 Å². The van der Waals surface area contributed by atoms with E-state index in [1.165, 1.54) is 6.08 Å². The zero-order chi connectivity index (χ0) is 27.3. The lowest BCUT2D eigenvalue weighted by atomic mass is 9.89. The number of nitrogens with one attached hydrogen (secondary N) is 3. The summed E-state index contributed by atoms with van der Waals surface area (Å²) in [6.07, 6.45) is 4.59. The van der Waals surface area contributed by atoms with Gasteiger partial charge in [0, 0.05) is 24.4 Å². The lowest BCUT2D eigenvalue weighted by molar-refractivity contribution is -0.145. The Bertz CT molecular complexity index is 995. The first-order chi connectivity index (χ1) is 17.3. The molecule has 0 spiro atoms. The summed E-state index contributed by atoms with van der Waals surface area (Å²) in [6, 6.07) is -2.25. The van der Waals surface area contributed by atoms with Crippen molar-refractivity contribution in [3.8, 4) is 0 Å². The first-order valence-corrected chi connectivity index (χ1v) is 13.6. The van der Waals surface area contributed by atoms with Gasteiger partial charge in [0.25, 0.3) is 0 Å². The quantitative estimate of drug-likeness (QED) is 0.403. The predicted octanol–water partition coefficient (Wildman–Crippen LogP) is 1.57. The van der Waals surface area contributed by atoms with Gasteiger partial charge in [0.2, 0.25) is 23.6 Å². The summed E-state index contributed by atoms with van der Waals surface area (Å²) in [5.74, 6) is -1.36. The average molecular weight is 515 g/mol. The Morgan fingerprint density at radius 2 is 1.84 bits per heavy atom. The van der Waals surface area contributed by atoms with Crippen molar-refractivity contribution in [2.24, 2.45) is 34.5 Å². The van der Waals surface area contributed by atoms with E-state index in [2.05, 4.69) is 36.4 Å². The molecular formula is C28H42N4O5. The summed E-state index contributed by atoms with van der Waals surface area (Å²) < 4.78 is 0. The number of amides is 4. The van der Waals surface area contributed by atoms with Gasteiger partial charge in [0.1, 0.15) is 12.1 Å². The van der Waals surface area contributed by atoms with Crippen LogP contribution in [0.5, 0.6) is 0 Å². The molecule has 37 heavy (non-hydrogen) atoms. The van der Waals surface area contributed by atoms with E-state index in [4.69, 9.17) is 0 Å². The van der Waals surface area contributed by atoms with Gasteiger partial charge in [-0.3, -0.25) is 24.0 Å². The molecule has 0 unspecified atom stereocenters. The number of hydrogen-bond donors (Lipinski definition) is 3. The zero-order valence-electron chi connectivity index (χ0n) is 22.8. The molecule has 3 N–H and O–H groups in total. The van der Waals surface area contributed by atoms with Gasteiger partial charge in [-0.1, -0.05) is 41.2 Å². The van der Waals surface area contributed by atoms with E-state index < -0.39 is 23.5 Å². The van der Waals surface area contributed by atoms with Crippen LogP contribution in [0.25, 0.3) is 0 Å². The number of fused-ring (bicyclic) bond motifs is 1. The molecule has 2 saturated carbocycles. The van der Waals surface area contributed by atoms with Crippen LogP contribution in [0.4, 0.5) is 0 Å². The van der Waals surface area contributed by atoms with E-state index in [0.717, 1.165) is 19.3 Å². The molecule has 0 bridgehead atoms. The molecule has 2 aliphatic heterocycles. The smallest absolute Gasteiger partial charge is 0.246 e. The Balaban J connectivity index is 1.53. The first kappa shape index (κ1) is 27.3. The van der Waals surface area contributed by atoms with Gasteiger partial charge in [0.05, 0.1) is 6.04 Å². The van der Waals surface area contributed by atoms with E-state index in [0.29, 0.717) is 19.5 Å². The molecule has 2 saturated heterocycles. The number of ketones is 1. The minimum atomic E-state index is -0.878. The molecule has 9 nitrogen and oxygen atoms in total. The molecule has 4 rings (SSSR count). The molecule has 4 amide bonds. The molecular weight excluding hydrogens is 472 g/mol. The number of carbonyl (C=O) groups excluding carboxylic acids is 5. The maximum Gasteiger partial charge on any atom is 0.246 e. The average Bonchev–Trinajstić information content (AvgIpc) is 3.70. The van der Waals surface area contributed by atoms with Crippen molar-refractivity contribution in [1.82, 2.24) is 20.9 Å². The second-order valence-electron chi connectivity index (χ2n) is 13.0. The second-order valence-corrected chi connectivity index (χ2v) is 13.0. The summed E-state index contributed by atoms with van der Waals surface area (Å²) in [5.41, 5.74) is -0.729. The molecule has 4 fully saturated rings. The predicted molar refractivity (Wildman–Crippen MR) is 138 cm³/mol. The van der Waals surface area contributed by atoms with E-state index in [1.807, 2.05) is 20.8 Å². The van der Waals surface area contributed by atoms with Crippen LogP contribution in [0.2, 0.25) is 0 Å². The van der Waals surface area contributed by atoms with Crippen LogP contribution in [-0.2, 0) is 24.0 Å². The van der Waals surface area contributed by atoms with Gasteiger partial charge in [-0.25, -0.2) is 0 Å². The Morgan fingerprint density at radius 1 is 1.16 bits per heavy atom. The van der Waals surface area contributed by atoms with Gasteiger partial charge < -0.3 is 20.9 Å². The fraction of sp³-hybridized carbons (Fsp3) is 0.750. The standard InChI is InChI=1S/C28H42N4O5/c1-7-19(33)18(13-16-9-8-12-29-23(16)34)30-24(35)22-20-17(28(20,5)6)14-32(22)25(36)21(15-10-11-15)31-26(37)27(2,3)4/h7,15-18,20-22H,1,8-14H2,2-6H3,(H,29,34)(H,30,35)(H,31,37)/t16-,17-,18-,20-,21-,22-/m0/s1. The summed E-state index contributed by atoms with van der Waals surface area (Å²) in [6.45, 7) is 14.3. The molecule has 0 aromatic heterocycles. The largest absolute Gasteiger partial charge is 0.356 e. The van der Waals surface area contributed by atoms with Crippen molar-refractivity contribution in [3.05, 3.63) is 12.7 Å². The zero-order valence-corrected chi connectivity index (χ0v) is 22.8. The minimum absolute atomic E-state index is 0.0212. The normalized spacial score (nSPS) is 29.9. The monoisotopic (exact) mass is 514 g/mol. The third-order valence-corrected chi connectivity index (χ3v) is 8.87. The van der Waals surface area contributed by atoms with E-state index in [1.54, 1.807) is 4.90 Å². The number of likely N-dealkylation sites (tertiary alicyclic amines) is 1. The summed E-state index contributed by atoms with van der Waals surface area (Å²) in [7, 11) is 0. The molecule has 204 valence electrons. The van der Waals surface area contributed by atoms with Crippen LogP contribution in [0, 0.1) is 34.5 Å². The van der Waals surface area contributed by atoms with E-state index >= 15 is 0 Å². The number of rotatable bonds is 9. The molecule has 0 aromatic rings. The lowest BCUT2D eigenvalue weighted by Crippen LogP contribution is -2.59. The minimum Gasteiger partial charge on any atom is -0.356 e. The summed E-state index contributed by atoms with van der Waals surface area (Å²) in [5, 5.41) is 8.67. The highest BCUT2D eigenvalue weighted by molar-refractivity contribution is 5.99. The summed E-state index contributed by atoms with van der Waals surface area (Å²) in [4.78, 5) is 67.0.